The first kappa shape index (κ1) is 23.5. The topological polar surface area (TPSA) is 32.6 Å². The third-order valence-corrected chi connectivity index (χ3v) is 4.97. The van der Waals surface area contributed by atoms with E-state index in [1.54, 1.807) is 12.3 Å². The number of phenolic OH excluding ortho intramolecular Hbond substituents is 1. The third-order valence-electron chi connectivity index (χ3n) is 4.97. The fourth-order valence-electron chi connectivity index (χ4n) is 3.21. The zero-order chi connectivity index (χ0) is 19.4. The van der Waals surface area contributed by atoms with E-state index in [1.807, 2.05) is 18.2 Å². The van der Waals surface area contributed by atoms with E-state index in [2.05, 4.69) is 24.1 Å². The van der Waals surface area contributed by atoms with Gasteiger partial charge in [-0.05, 0) is 44.2 Å². The lowest BCUT2D eigenvalue weighted by atomic mass is 10.1. The summed E-state index contributed by atoms with van der Waals surface area (Å²) < 4.78 is 0. The molecule has 1 rings (SSSR count). The standard InChI is InChI=1S/C25H41NO/c1-2-3-4-5-6-7-8-9-10-11-12-13-14-15-16-19-22-26-23-24-20-17-18-21-25(24)27/h9-10,17-18,20-21,23,27H,2-8,11-16,19,22H2,1H3/b10-9+,26-23?. The molecule has 0 radical (unpaired) electrons. The van der Waals surface area contributed by atoms with Crippen LogP contribution in [0.2, 0.25) is 0 Å². The van der Waals surface area contributed by atoms with Crippen LogP contribution in [0.1, 0.15) is 102 Å². The predicted molar refractivity (Wildman–Crippen MR) is 120 cm³/mol. The van der Waals surface area contributed by atoms with E-state index >= 15 is 0 Å². The van der Waals surface area contributed by atoms with Crippen molar-refractivity contribution in [1.29, 1.82) is 0 Å². The van der Waals surface area contributed by atoms with Gasteiger partial charge in [-0.15, -0.1) is 0 Å². The summed E-state index contributed by atoms with van der Waals surface area (Å²) in [5.41, 5.74) is 0.807. The minimum Gasteiger partial charge on any atom is -0.507 e. The molecule has 2 heteroatoms. The van der Waals surface area contributed by atoms with Gasteiger partial charge in [-0.2, -0.15) is 0 Å². The number of phenols is 1. The molecule has 0 aliphatic carbocycles. The van der Waals surface area contributed by atoms with Gasteiger partial charge < -0.3 is 5.11 Å². The molecule has 0 heterocycles. The van der Waals surface area contributed by atoms with Gasteiger partial charge in [0.1, 0.15) is 5.75 Å². The molecule has 0 atom stereocenters. The molecular formula is C25H41NO. The van der Waals surface area contributed by atoms with Crippen molar-refractivity contribution >= 4 is 6.21 Å². The van der Waals surface area contributed by atoms with Gasteiger partial charge in [0.05, 0.1) is 0 Å². The summed E-state index contributed by atoms with van der Waals surface area (Å²) in [6.45, 7) is 3.13. The van der Waals surface area contributed by atoms with Crippen LogP contribution in [-0.2, 0) is 0 Å². The fraction of sp³-hybridized carbons (Fsp3) is 0.640. The van der Waals surface area contributed by atoms with Gasteiger partial charge >= 0.3 is 0 Å². The summed E-state index contributed by atoms with van der Waals surface area (Å²) in [5, 5.41) is 9.66. The number of aliphatic imine (C=N–C) groups is 1. The number of hydrogen-bond donors (Lipinski definition) is 1. The van der Waals surface area contributed by atoms with Crippen molar-refractivity contribution < 1.29 is 5.11 Å². The van der Waals surface area contributed by atoms with Crippen molar-refractivity contribution in [2.24, 2.45) is 4.99 Å². The second-order valence-electron chi connectivity index (χ2n) is 7.53. The first-order chi connectivity index (χ1) is 13.3. The Morgan fingerprint density at radius 3 is 1.93 bits per heavy atom. The van der Waals surface area contributed by atoms with Crippen molar-refractivity contribution in [2.45, 2.75) is 96.8 Å². The van der Waals surface area contributed by atoms with Gasteiger partial charge in [0.15, 0.2) is 0 Å². The molecule has 0 aliphatic heterocycles. The number of para-hydroxylation sites is 1. The Hall–Kier alpha value is -1.57. The highest BCUT2D eigenvalue weighted by molar-refractivity contribution is 5.83. The van der Waals surface area contributed by atoms with Crippen LogP contribution in [0, 0.1) is 0 Å². The van der Waals surface area contributed by atoms with Gasteiger partial charge in [-0.25, -0.2) is 0 Å². The number of unbranched alkanes of at least 4 members (excludes halogenated alkanes) is 12. The molecule has 0 amide bonds. The SMILES string of the molecule is CCCCCCCC/C=C/CCCCCCCCN=Cc1ccccc1O. The summed E-state index contributed by atoms with van der Waals surface area (Å²) in [6, 6.07) is 7.34. The lowest BCUT2D eigenvalue weighted by Crippen LogP contribution is -1.86. The molecule has 0 aliphatic rings. The van der Waals surface area contributed by atoms with Crippen LogP contribution in [0.25, 0.3) is 0 Å². The Morgan fingerprint density at radius 1 is 0.741 bits per heavy atom. The van der Waals surface area contributed by atoms with Crippen molar-refractivity contribution in [1.82, 2.24) is 0 Å². The van der Waals surface area contributed by atoms with Crippen LogP contribution in [0.3, 0.4) is 0 Å². The average molecular weight is 372 g/mol. The molecule has 1 aromatic rings. The molecule has 0 fully saturated rings. The van der Waals surface area contributed by atoms with E-state index in [4.69, 9.17) is 0 Å². The maximum Gasteiger partial charge on any atom is 0.124 e. The Balaban J connectivity index is 1.82. The predicted octanol–water partition coefficient (Wildman–Crippen LogP) is 7.85. The maximum absolute atomic E-state index is 9.66. The van der Waals surface area contributed by atoms with E-state index in [-0.39, 0.29) is 0 Å². The third kappa shape index (κ3) is 14.2. The molecule has 1 N–H and O–H groups in total. The lowest BCUT2D eigenvalue weighted by Gasteiger charge is -2.00. The summed E-state index contributed by atoms with van der Waals surface area (Å²) in [6.07, 6.45) is 25.2. The number of allylic oxidation sites excluding steroid dienone is 2. The maximum atomic E-state index is 9.66. The number of nitrogens with zero attached hydrogens (tertiary/aromatic N) is 1. The Morgan fingerprint density at radius 2 is 1.30 bits per heavy atom. The van der Waals surface area contributed by atoms with Crippen LogP contribution in [0.4, 0.5) is 0 Å². The lowest BCUT2D eigenvalue weighted by molar-refractivity contribution is 0.474. The number of benzene rings is 1. The van der Waals surface area contributed by atoms with Crippen molar-refractivity contribution in [3.8, 4) is 5.75 Å². The quantitative estimate of drug-likeness (QED) is 0.169. The molecule has 0 aromatic heterocycles. The van der Waals surface area contributed by atoms with Gasteiger partial charge in [0, 0.05) is 18.3 Å². The minimum absolute atomic E-state index is 0.308. The molecule has 0 unspecified atom stereocenters. The fourth-order valence-corrected chi connectivity index (χ4v) is 3.21. The van der Waals surface area contributed by atoms with E-state index in [0.717, 1.165) is 18.5 Å². The Bertz CT molecular complexity index is 507. The van der Waals surface area contributed by atoms with E-state index in [0.29, 0.717) is 5.75 Å². The normalized spacial score (nSPS) is 11.7. The Kier molecular flexibility index (Phi) is 15.5. The van der Waals surface area contributed by atoms with E-state index in [9.17, 15) is 5.11 Å². The summed E-state index contributed by atoms with van der Waals surface area (Å²) >= 11 is 0. The largest absolute Gasteiger partial charge is 0.507 e. The molecule has 0 saturated carbocycles. The minimum atomic E-state index is 0.308. The van der Waals surface area contributed by atoms with Crippen molar-refractivity contribution in [3.05, 3.63) is 42.0 Å². The zero-order valence-corrected chi connectivity index (χ0v) is 17.5. The van der Waals surface area contributed by atoms with Gasteiger partial charge in [-0.3, -0.25) is 4.99 Å². The summed E-state index contributed by atoms with van der Waals surface area (Å²) in [5.74, 6) is 0.308. The molecule has 0 saturated heterocycles. The highest BCUT2D eigenvalue weighted by Gasteiger charge is 1.94. The van der Waals surface area contributed by atoms with Crippen molar-refractivity contribution in [2.75, 3.05) is 6.54 Å². The second-order valence-corrected chi connectivity index (χ2v) is 7.53. The van der Waals surface area contributed by atoms with Gasteiger partial charge in [0.2, 0.25) is 0 Å². The average Bonchev–Trinajstić information content (AvgIpc) is 2.68. The van der Waals surface area contributed by atoms with Crippen LogP contribution < -0.4 is 0 Å². The first-order valence-electron chi connectivity index (χ1n) is 11.3. The monoisotopic (exact) mass is 371 g/mol. The summed E-state index contributed by atoms with van der Waals surface area (Å²) in [7, 11) is 0. The zero-order valence-electron chi connectivity index (χ0n) is 17.5. The molecule has 0 spiro atoms. The van der Waals surface area contributed by atoms with Crippen LogP contribution in [0.5, 0.6) is 5.75 Å². The molecule has 152 valence electrons. The first-order valence-corrected chi connectivity index (χ1v) is 11.3. The van der Waals surface area contributed by atoms with Crippen LogP contribution in [-0.4, -0.2) is 17.9 Å². The van der Waals surface area contributed by atoms with Gasteiger partial charge in [-0.1, -0.05) is 89.0 Å². The van der Waals surface area contributed by atoms with Crippen LogP contribution >= 0.6 is 0 Å². The highest BCUT2D eigenvalue weighted by atomic mass is 16.3. The Labute approximate surface area is 167 Å². The smallest absolute Gasteiger partial charge is 0.124 e. The molecular weight excluding hydrogens is 330 g/mol. The van der Waals surface area contributed by atoms with E-state index in [1.165, 1.54) is 83.5 Å². The van der Waals surface area contributed by atoms with Gasteiger partial charge in [0.25, 0.3) is 0 Å². The summed E-state index contributed by atoms with van der Waals surface area (Å²) in [4.78, 5) is 4.41. The van der Waals surface area contributed by atoms with E-state index < -0.39 is 0 Å². The molecule has 0 bridgehead atoms. The number of aromatic hydroxyl groups is 1. The highest BCUT2D eigenvalue weighted by Crippen LogP contribution is 2.13. The molecule has 2 nitrogen and oxygen atoms in total. The number of rotatable bonds is 17. The van der Waals surface area contributed by atoms with Crippen molar-refractivity contribution in [3.63, 3.8) is 0 Å². The molecule has 27 heavy (non-hydrogen) atoms. The number of hydrogen-bond acceptors (Lipinski definition) is 2. The van der Waals surface area contributed by atoms with Crippen LogP contribution in [0.15, 0.2) is 41.4 Å². The second kappa shape index (κ2) is 17.8. The molecule has 1 aromatic carbocycles.